The fraction of sp³-hybridized carbons (Fsp3) is 0.188. The first-order chi connectivity index (χ1) is 12.9. The van der Waals surface area contributed by atoms with E-state index in [9.17, 15) is 21.6 Å². The molecule has 152 valence electrons. The Balaban J connectivity index is 2.22. The minimum absolute atomic E-state index is 0.0132. The minimum atomic E-state index is -3.97. The fourth-order valence-corrected chi connectivity index (χ4v) is 4.16. The molecule has 0 saturated carbocycles. The van der Waals surface area contributed by atoms with Crippen molar-refractivity contribution in [2.24, 2.45) is 0 Å². The highest BCUT2D eigenvalue weighted by molar-refractivity contribution is 7.92. The Morgan fingerprint density at radius 2 is 1.79 bits per heavy atom. The molecule has 12 heteroatoms. The Morgan fingerprint density at radius 1 is 1.11 bits per heavy atom. The van der Waals surface area contributed by atoms with Crippen molar-refractivity contribution in [3.05, 3.63) is 47.0 Å². The monoisotopic (exact) mass is 448 g/mol. The molecule has 0 radical (unpaired) electrons. The molecular weight excluding hydrogens is 432 g/mol. The molecule has 0 spiro atoms. The highest BCUT2D eigenvalue weighted by atomic mass is 35.5. The normalized spacial score (nSPS) is 11.7. The van der Waals surface area contributed by atoms with Crippen molar-refractivity contribution in [1.82, 2.24) is 0 Å². The van der Waals surface area contributed by atoms with Crippen molar-refractivity contribution in [3.8, 4) is 5.75 Å². The summed E-state index contributed by atoms with van der Waals surface area (Å²) < 4.78 is 57.3. The number of hydrogen-bond acceptors (Lipinski definition) is 6. The molecule has 2 rings (SSSR count). The first-order valence-electron chi connectivity index (χ1n) is 7.63. The van der Waals surface area contributed by atoms with Gasteiger partial charge in [0, 0.05) is 0 Å². The van der Waals surface area contributed by atoms with Gasteiger partial charge in [-0.3, -0.25) is 9.44 Å². The summed E-state index contributed by atoms with van der Waals surface area (Å²) in [7, 11) is -7.50. The molecule has 0 unspecified atom stereocenters. The Labute approximate surface area is 167 Å². The van der Waals surface area contributed by atoms with Crippen LogP contribution >= 0.6 is 11.6 Å². The van der Waals surface area contributed by atoms with Gasteiger partial charge in [0.25, 0.3) is 10.0 Å². The largest absolute Gasteiger partial charge is 0.482 e. The summed E-state index contributed by atoms with van der Waals surface area (Å²) in [6, 6.07) is 7.92. The van der Waals surface area contributed by atoms with Crippen molar-refractivity contribution < 1.29 is 31.5 Å². The van der Waals surface area contributed by atoms with E-state index in [0.29, 0.717) is 5.56 Å². The Bertz CT molecular complexity index is 1120. The summed E-state index contributed by atoms with van der Waals surface area (Å²) in [5, 5.41) is 8.65. The van der Waals surface area contributed by atoms with Crippen LogP contribution in [-0.2, 0) is 24.8 Å². The van der Waals surface area contributed by atoms with E-state index in [-0.39, 0.29) is 27.0 Å². The number of hydrogen-bond donors (Lipinski definition) is 3. The zero-order chi connectivity index (χ0) is 21.1. The van der Waals surface area contributed by atoms with Crippen LogP contribution in [0.5, 0.6) is 5.75 Å². The van der Waals surface area contributed by atoms with Crippen molar-refractivity contribution in [3.63, 3.8) is 0 Å². The summed E-state index contributed by atoms with van der Waals surface area (Å²) in [5.41, 5.74) is 0.686. The Morgan fingerprint density at radius 3 is 2.32 bits per heavy atom. The number of aryl methyl sites for hydroxylation is 1. The molecule has 2 aromatic carbocycles. The van der Waals surface area contributed by atoms with E-state index in [4.69, 9.17) is 21.4 Å². The van der Waals surface area contributed by atoms with Crippen LogP contribution in [0.15, 0.2) is 41.3 Å². The number of carboxylic acid groups (broad SMARTS) is 1. The Kier molecular flexibility index (Phi) is 6.42. The number of benzene rings is 2. The summed E-state index contributed by atoms with van der Waals surface area (Å²) in [5.74, 6) is -0.899. The maximum absolute atomic E-state index is 12.6. The average molecular weight is 449 g/mol. The van der Waals surface area contributed by atoms with E-state index in [2.05, 4.69) is 9.44 Å². The van der Waals surface area contributed by atoms with Gasteiger partial charge in [-0.1, -0.05) is 11.6 Å². The van der Waals surface area contributed by atoms with E-state index in [1.165, 1.54) is 36.4 Å². The average Bonchev–Trinajstić information content (AvgIpc) is 2.54. The van der Waals surface area contributed by atoms with Gasteiger partial charge >= 0.3 is 5.97 Å². The molecule has 0 aromatic heterocycles. The van der Waals surface area contributed by atoms with Crippen LogP contribution < -0.4 is 14.2 Å². The number of carboxylic acids is 1. The van der Waals surface area contributed by atoms with E-state index >= 15 is 0 Å². The molecular formula is C16H17ClN2O7S2. The third kappa shape index (κ3) is 6.01. The number of aliphatic carboxylic acids is 1. The highest BCUT2D eigenvalue weighted by Gasteiger charge is 2.17. The molecule has 0 bridgehead atoms. The predicted octanol–water partition coefficient (Wildman–Crippen LogP) is 2.28. The molecule has 9 nitrogen and oxygen atoms in total. The summed E-state index contributed by atoms with van der Waals surface area (Å²) in [4.78, 5) is 10.5. The van der Waals surface area contributed by atoms with Gasteiger partial charge in [0.2, 0.25) is 10.0 Å². The third-order valence-electron chi connectivity index (χ3n) is 3.32. The molecule has 0 aliphatic rings. The van der Waals surface area contributed by atoms with Gasteiger partial charge in [0.1, 0.15) is 5.75 Å². The van der Waals surface area contributed by atoms with Crippen LogP contribution in [0.4, 0.5) is 11.4 Å². The molecule has 0 atom stereocenters. The first-order valence-corrected chi connectivity index (χ1v) is 11.4. The summed E-state index contributed by atoms with van der Waals surface area (Å²) >= 11 is 5.99. The van der Waals surface area contributed by atoms with Gasteiger partial charge in [-0.15, -0.1) is 0 Å². The number of nitrogens with one attached hydrogen (secondary N) is 2. The molecule has 3 N–H and O–H groups in total. The van der Waals surface area contributed by atoms with Gasteiger partial charge in [-0.2, -0.15) is 0 Å². The van der Waals surface area contributed by atoms with E-state index in [1.54, 1.807) is 6.92 Å². The zero-order valence-corrected chi connectivity index (χ0v) is 17.2. The van der Waals surface area contributed by atoms with Crippen molar-refractivity contribution >= 4 is 49.0 Å². The number of carbonyl (C=O) groups is 1. The second-order valence-corrected chi connectivity index (χ2v) is 9.62. The number of anilines is 2. The van der Waals surface area contributed by atoms with E-state index in [0.717, 1.165) is 6.26 Å². The van der Waals surface area contributed by atoms with Gasteiger partial charge in [-0.25, -0.2) is 21.6 Å². The topological polar surface area (TPSA) is 139 Å². The number of rotatable bonds is 8. The maximum Gasteiger partial charge on any atom is 0.341 e. The molecule has 0 amide bonds. The van der Waals surface area contributed by atoms with Gasteiger partial charge in [0.05, 0.1) is 27.5 Å². The van der Waals surface area contributed by atoms with Gasteiger partial charge in [0.15, 0.2) is 6.61 Å². The number of ether oxygens (including phenoxy) is 1. The molecule has 2 aromatic rings. The van der Waals surface area contributed by atoms with E-state index < -0.39 is 32.6 Å². The zero-order valence-electron chi connectivity index (χ0n) is 14.8. The van der Waals surface area contributed by atoms with Crippen LogP contribution in [-0.4, -0.2) is 40.8 Å². The smallest absolute Gasteiger partial charge is 0.341 e. The van der Waals surface area contributed by atoms with Gasteiger partial charge in [-0.05, 0) is 48.9 Å². The standard InChI is InChI=1S/C16H17ClN2O7S2/c1-10-7-12(4-6-15(10)26-9-16(20)21)28(24,25)18-11-3-5-14(13(17)8-11)19-27(2,22)23/h3-8,18-19H,9H2,1-2H3,(H,20,21). The lowest BCUT2D eigenvalue weighted by atomic mass is 10.2. The molecule has 0 aliphatic heterocycles. The predicted molar refractivity (Wildman–Crippen MR) is 105 cm³/mol. The van der Waals surface area contributed by atoms with Crippen LogP contribution in [0.2, 0.25) is 5.02 Å². The van der Waals surface area contributed by atoms with Crippen molar-refractivity contribution in [2.45, 2.75) is 11.8 Å². The first kappa shape index (κ1) is 21.8. The second-order valence-electron chi connectivity index (χ2n) is 5.78. The summed E-state index contributed by atoms with van der Waals surface area (Å²) in [6.07, 6.45) is 0.964. The fourth-order valence-electron chi connectivity index (χ4n) is 2.17. The molecule has 0 fully saturated rings. The molecule has 0 aliphatic carbocycles. The minimum Gasteiger partial charge on any atom is -0.482 e. The Hall–Kier alpha value is -2.50. The van der Waals surface area contributed by atoms with Crippen LogP contribution in [0.25, 0.3) is 0 Å². The second kappa shape index (κ2) is 8.25. The number of halogens is 1. The van der Waals surface area contributed by atoms with Crippen LogP contribution in [0.1, 0.15) is 5.56 Å². The van der Waals surface area contributed by atoms with Crippen molar-refractivity contribution in [2.75, 3.05) is 22.3 Å². The highest BCUT2D eigenvalue weighted by Crippen LogP contribution is 2.28. The van der Waals surface area contributed by atoms with E-state index in [1.807, 2.05) is 0 Å². The lowest BCUT2D eigenvalue weighted by molar-refractivity contribution is -0.139. The quantitative estimate of drug-likeness (QED) is 0.562. The lowest BCUT2D eigenvalue weighted by Gasteiger charge is -2.13. The maximum atomic E-state index is 12.6. The SMILES string of the molecule is Cc1cc(S(=O)(=O)Nc2ccc(NS(C)(=O)=O)c(Cl)c2)ccc1OCC(=O)O. The molecule has 0 heterocycles. The number of sulfonamides is 2. The van der Waals surface area contributed by atoms with Crippen LogP contribution in [0.3, 0.4) is 0 Å². The third-order valence-corrected chi connectivity index (χ3v) is 5.61. The summed E-state index contributed by atoms with van der Waals surface area (Å²) in [6.45, 7) is 1.04. The lowest BCUT2D eigenvalue weighted by Crippen LogP contribution is -2.14. The molecule has 28 heavy (non-hydrogen) atoms. The van der Waals surface area contributed by atoms with Gasteiger partial charge < -0.3 is 9.84 Å². The van der Waals surface area contributed by atoms with Crippen LogP contribution in [0, 0.1) is 6.92 Å². The van der Waals surface area contributed by atoms with Crippen molar-refractivity contribution in [1.29, 1.82) is 0 Å². The molecule has 0 saturated heterocycles.